The van der Waals surface area contributed by atoms with Crippen LogP contribution in [0, 0.1) is 0 Å². The van der Waals surface area contributed by atoms with E-state index in [4.69, 9.17) is 0 Å². The Hall–Kier alpha value is -2.08. The molecule has 1 aromatic carbocycles. The van der Waals surface area contributed by atoms with E-state index in [1.165, 1.54) is 5.56 Å². The molecule has 2 N–H and O–H groups in total. The number of aliphatic imine (C=N–C) groups is 1. The zero-order valence-corrected chi connectivity index (χ0v) is 14.9. The summed E-state index contributed by atoms with van der Waals surface area (Å²) in [6, 6.07) is 8.14. The van der Waals surface area contributed by atoms with Crippen molar-refractivity contribution in [2.24, 2.45) is 4.99 Å². The van der Waals surface area contributed by atoms with Crippen molar-refractivity contribution in [3.8, 4) is 0 Å². The molecule has 0 spiro atoms. The predicted molar refractivity (Wildman–Crippen MR) is 99.9 cm³/mol. The molecule has 25 heavy (non-hydrogen) atoms. The van der Waals surface area contributed by atoms with Crippen molar-refractivity contribution in [3.05, 3.63) is 29.8 Å². The van der Waals surface area contributed by atoms with Crippen molar-refractivity contribution in [1.82, 2.24) is 10.2 Å². The van der Waals surface area contributed by atoms with Crippen molar-refractivity contribution in [2.45, 2.75) is 38.7 Å². The number of β-amino-alcohol motifs (C(OH)–C–C–N with tert-alkyl or cyclic N) is 1. The van der Waals surface area contributed by atoms with Crippen molar-refractivity contribution in [2.75, 3.05) is 37.6 Å². The summed E-state index contributed by atoms with van der Waals surface area (Å²) in [6.45, 7) is 5.71. The minimum absolute atomic E-state index is 0.182. The largest absolute Gasteiger partial charge is 0.391 e. The number of amides is 1. The van der Waals surface area contributed by atoms with Gasteiger partial charge in [-0.05, 0) is 37.8 Å². The fraction of sp³-hybridized carbons (Fsp3) is 0.579. The predicted octanol–water partition coefficient (Wildman–Crippen LogP) is 1.39. The number of likely N-dealkylation sites (tertiary alicyclic amines) is 1. The lowest BCUT2D eigenvalue weighted by Gasteiger charge is -2.21. The van der Waals surface area contributed by atoms with Gasteiger partial charge in [0.1, 0.15) is 0 Å². The quantitative estimate of drug-likeness (QED) is 0.481. The first kappa shape index (κ1) is 17.7. The maximum Gasteiger partial charge on any atom is 0.227 e. The highest BCUT2D eigenvalue weighted by Gasteiger charge is 2.24. The Morgan fingerprint density at radius 1 is 1.36 bits per heavy atom. The van der Waals surface area contributed by atoms with Crippen LogP contribution in [0.15, 0.2) is 29.3 Å². The summed E-state index contributed by atoms with van der Waals surface area (Å²) < 4.78 is 0. The molecule has 1 aromatic rings. The van der Waals surface area contributed by atoms with E-state index >= 15 is 0 Å². The third-order valence-electron chi connectivity index (χ3n) is 4.80. The monoisotopic (exact) mass is 344 g/mol. The highest BCUT2D eigenvalue weighted by atomic mass is 16.3. The number of nitrogens with zero attached hydrogens (tertiary/aromatic N) is 3. The van der Waals surface area contributed by atoms with Crippen LogP contribution in [0.1, 0.15) is 31.7 Å². The van der Waals surface area contributed by atoms with E-state index < -0.39 is 0 Å². The van der Waals surface area contributed by atoms with Gasteiger partial charge in [0.2, 0.25) is 5.91 Å². The molecule has 1 atom stereocenters. The average Bonchev–Trinajstić information content (AvgIpc) is 3.23. The second kappa shape index (κ2) is 8.34. The molecule has 1 fully saturated rings. The number of benzene rings is 1. The number of aliphatic hydroxyl groups is 1. The van der Waals surface area contributed by atoms with E-state index in [2.05, 4.69) is 21.3 Å². The van der Waals surface area contributed by atoms with Crippen molar-refractivity contribution < 1.29 is 9.90 Å². The maximum atomic E-state index is 12.5. The van der Waals surface area contributed by atoms with Gasteiger partial charge in [0.25, 0.3) is 0 Å². The Labute approximate surface area is 149 Å². The molecule has 2 aliphatic heterocycles. The Bertz CT molecular complexity index is 632. The van der Waals surface area contributed by atoms with Gasteiger partial charge >= 0.3 is 0 Å². The highest BCUT2D eigenvalue weighted by molar-refractivity contribution is 5.95. The molecule has 2 heterocycles. The lowest BCUT2D eigenvalue weighted by Crippen LogP contribution is -2.40. The first-order chi connectivity index (χ1) is 12.2. The number of carbonyl (C=O) groups is 1. The standard InChI is InChI=1S/C19H28N4O2/c1-2-20-19(22-12-10-16(24)14-22)21-11-5-8-18(25)23-13-9-15-6-3-4-7-17(15)23/h3-4,6-7,16,24H,2,5,8-14H2,1H3,(H,20,21)/t16-/m1/s1. The molecule has 136 valence electrons. The van der Waals surface area contributed by atoms with E-state index in [-0.39, 0.29) is 12.0 Å². The summed E-state index contributed by atoms with van der Waals surface area (Å²) >= 11 is 0. The van der Waals surface area contributed by atoms with E-state index in [1.807, 2.05) is 30.0 Å². The zero-order chi connectivity index (χ0) is 17.6. The van der Waals surface area contributed by atoms with Gasteiger partial charge in [0.05, 0.1) is 6.10 Å². The van der Waals surface area contributed by atoms with Gasteiger partial charge in [-0.1, -0.05) is 18.2 Å². The molecular formula is C19H28N4O2. The Morgan fingerprint density at radius 2 is 2.20 bits per heavy atom. The lowest BCUT2D eigenvalue weighted by atomic mass is 10.2. The summed E-state index contributed by atoms with van der Waals surface area (Å²) in [7, 11) is 0. The highest BCUT2D eigenvalue weighted by Crippen LogP contribution is 2.28. The van der Waals surface area contributed by atoms with Crippen LogP contribution in [0.4, 0.5) is 5.69 Å². The summed E-state index contributed by atoms with van der Waals surface area (Å²) in [5, 5.41) is 13.0. The summed E-state index contributed by atoms with van der Waals surface area (Å²) in [5.41, 5.74) is 2.33. The number of hydrogen-bond donors (Lipinski definition) is 2. The normalized spacial score (nSPS) is 20.1. The number of rotatable bonds is 5. The second-order valence-electron chi connectivity index (χ2n) is 6.65. The van der Waals surface area contributed by atoms with Crippen molar-refractivity contribution in [1.29, 1.82) is 0 Å². The van der Waals surface area contributed by atoms with Crippen LogP contribution < -0.4 is 10.2 Å². The maximum absolute atomic E-state index is 12.5. The molecular weight excluding hydrogens is 316 g/mol. The molecule has 0 aliphatic carbocycles. The van der Waals surface area contributed by atoms with Crippen LogP contribution in [-0.2, 0) is 11.2 Å². The van der Waals surface area contributed by atoms with E-state index in [9.17, 15) is 9.90 Å². The van der Waals surface area contributed by atoms with Crippen molar-refractivity contribution >= 4 is 17.6 Å². The number of fused-ring (bicyclic) bond motifs is 1. The lowest BCUT2D eigenvalue weighted by molar-refractivity contribution is -0.118. The van der Waals surface area contributed by atoms with Gasteiger partial charge in [-0.3, -0.25) is 9.79 Å². The van der Waals surface area contributed by atoms with Crippen LogP contribution >= 0.6 is 0 Å². The minimum atomic E-state index is -0.263. The molecule has 2 aliphatic rings. The molecule has 0 unspecified atom stereocenters. The van der Waals surface area contributed by atoms with Crippen LogP contribution in [0.25, 0.3) is 0 Å². The first-order valence-electron chi connectivity index (χ1n) is 9.28. The molecule has 1 amide bonds. The molecule has 0 bridgehead atoms. The first-order valence-corrected chi connectivity index (χ1v) is 9.28. The van der Waals surface area contributed by atoms with Gasteiger partial charge < -0.3 is 20.2 Å². The van der Waals surface area contributed by atoms with Crippen LogP contribution in [0.2, 0.25) is 0 Å². The fourth-order valence-electron chi connectivity index (χ4n) is 3.51. The third-order valence-corrected chi connectivity index (χ3v) is 4.80. The van der Waals surface area contributed by atoms with Crippen LogP contribution in [0.3, 0.4) is 0 Å². The number of carbonyl (C=O) groups excluding carboxylic acids is 1. The van der Waals surface area contributed by atoms with Gasteiger partial charge in [-0.15, -0.1) is 0 Å². The minimum Gasteiger partial charge on any atom is -0.391 e. The summed E-state index contributed by atoms with van der Waals surface area (Å²) in [5.74, 6) is 1.03. The SMILES string of the molecule is CCNC(=NCCCC(=O)N1CCc2ccccc21)N1CC[C@@H](O)C1. The molecule has 6 nitrogen and oxygen atoms in total. The van der Waals surface area contributed by atoms with Crippen molar-refractivity contribution in [3.63, 3.8) is 0 Å². The molecule has 0 aromatic heterocycles. The number of aliphatic hydroxyl groups excluding tert-OH is 1. The summed E-state index contributed by atoms with van der Waals surface area (Å²) in [6.07, 6.45) is 2.72. The Kier molecular flexibility index (Phi) is 5.91. The molecule has 3 rings (SSSR count). The van der Waals surface area contributed by atoms with Gasteiger partial charge in [0.15, 0.2) is 5.96 Å². The zero-order valence-electron chi connectivity index (χ0n) is 14.9. The average molecular weight is 344 g/mol. The number of guanidine groups is 1. The Balaban J connectivity index is 1.49. The van der Waals surface area contributed by atoms with Gasteiger partial charge in [-0.2, -0.15) is 0 Å². The van der Waals surface area contributed by atoms with Gasteiger partial charge in [-0.25, -0.2) is 0 Å². The van der Waals surface area contributed by atoms with Gasteiger partial charge in [0, 0.05) is 44.8 Å². The Morgan fingerprint density at radius 3 is 2.96 bits per heavy atom. The molecule has 1 saturated heterocycles. The van der Waals surface area contributed by atoms with E-state index in [0.717, 1.165) is 50.5 Å². The van der Waals surface area contributed by atoms with E-state index in [0.29, 0.717) is 19.5 Å². The van der Waals surface area contributed by atoms with Crippen LogP contribution in [0.5, 0.6) is 0 Å². The van der Waals surface area contributed by atoms with Crippen LogP contribution in [-0.4, -0.2) is 60.7 Å². The topological polar surface area (TPSA) is 68.2 Å². The molecule has 0 saturated carbocycles. The number of nitrogens with one attached hydrogen (secondary N) is 1. The number of hydrogen-bond acceptors (Lipinski definition) is 3. The third kappa shape index (κ3) is 4.31. The molecule has 6 heteroatoms. The second-order valence-corrected chi connectivity index (χ2v) is 6.65. The van der Waals surface area contributed by atoms with E-state index in [1.54, 1.807) is 0 Å². The number of para-hydroxylation sites is 1. The molecule has 0 radical (unpaired) electrons. The smallest absolute Gasteiger partial charge is 0.227 e. The number of anilines is 1. The summed E-state index contributed by atoms with van der Waals surface area (Å²) in [4.78, 5) is 21.1. The fourth-order valence-corrected chi connectivity index (χ4v) is 3.51.